The lowest BCUT2D eigenvalue weighted by atomic mass is 10.1. The van der Waals surface area contributed by atoms with E-state index in [1.165, 1.54) is 19.1 Å². The fourth-order valence-electron chi connectivity index (χ4n) is 1.65. The third-order valence-corrected chi connectivity index (χ3v) is 2.80. The molecule has 5 nitrogen and oxygen atoms in total. The Balaban J connectivity index is 2.34. The van der Waals surface area contributed by atoms with Crippen LogP contribution in [0.2, 0.25) is 5.28 Å². The van der Waals surface area contributed by atoms with Crippen molar-refractivity contribution in [1.29, 1.82) is 0 Å². The van der Waals surface area contributed by atoms with Crippen molar-refractivity contribution in [2.75, 3.05) is 17.7 Å². The Morgan fingerprint density at radius 2 is 1.76 bits per heavy atom. The topological polar surface area (TPSA) is 62.7 Å². The van der Waals surface area contributed by atoms with E-state index < -0.39 is 11.7 Å². The molecule has 0 unspecified atom stereocenters. The predicted molar refractivity (Wildman–Crippen MR) is 73.8 cm³/mol. The van der Waals surface area contributed by atoms with Gasteiger partial charge < -0.3 is 10.6 Å². The number of benzene rings is 1. The summed E-state index contributed by atoms with van der Waals surface area (Å²) in [5, 5.41) is 5.28. The molecule has 0 radical (unpaired) electrons. The molecule has 1 aromatic heterocycles. The molecule has 112 valence electrons. The second kappa shape index (κ2) is 5.72. The van der Waals surface area contributed by atoms with Gasteiger partial charge in [0.2, 0.25) is 17.2 Å². The molecule has 0 saturated carbocycles. The first-order valence-corrected chi connectivity index (χ1v) is 6.21. The Morgan fingerprint density at radius 1 is 1.10 bits per heavy atom. The predicted octanol–water partition coefficient (Wildman–Crippen LogP) is 3.64. The SMILES string of the molecule is CNc1nc(Cl)nc(Nc2ccc(C)c(C(F)(F)F)c2)n1. The van der Waals surface area contributed by atoms with Crippen molar-refractivity contribution >= 4 is 29.2 Å². The Morgan fingerprint density at radius 3 is 2.38 bits per heavy atom. The number of aromatic nitrogens is 3. The number of nitrogens with zero attached hydrogens (tertiary/aromatic N) is 3. The van der Waals surface area contributed by atoms with Crippen LogP contribution in [0, 0.1) is 6.92 Å². The molecule has 0 amide bonds. The summed E-state index contributed by atoms with van der Waals surface area (Å²) in [4.78, 5) is 11.5. The van der Waals surface area contributed by atoms with Gasteiger partial charge in [-0.05, 0) is 36.2 Å². The van der Waals surface area contributed by atoms with Crippen LogP contribution >= 0.6 is 11.6 Å². The summed E-state index contributed by atoms with van der Waals surface area (Å²) in [5.41, 5.74) is -0.378. The zero-order valence-corrected chi connectivity index (χ0v) is 11.8. The monoisotopic (exact) mass is 317 g/mol. The van der Waals surface area contributed by atoms with E-state index in [-0.39, 0.29) is 28.4 Å². The van der Waals surface area contributed by atoms with Crippen molar-refractivity contribution in [2.45, 2.75) is 13.1 Å². The second-order valence-corrected chi connectivity index (χ2v) is 4.49. The van der Waals surface area contributed by atoms with Crippen LogP contribution in [-0.4, -0.2) is 22.0 Å². The summed E-state index contributed by atoms with van der Waals surface area (Å²) in [6.45, 7) is 1.39. The number of rotatable bonds is 3. The molecule has 9 heteroatoms. The van der Waals surface area contributed by atoms with Gasteiger partial charge >= 0.3 is 6.18 Å². The molecule has 2 aromatic rings. The molecule has 0 aliphatic heterocycles. The lowest BCUT2D eigenvalue weighted by molar-refractivity contribution is -0.138. The van der Waals surface area contributed by atoms with Crippen LogP contribution in [0.4, 0.5) is 30.8 Å². The van der Waals surface area contributed by atoms with Crippen LogP contribution < -0.4 is 10.6 Å². The second-order valence-electron chi connectivity index (χ2n) is 4.15. The Labute approximate surface area is 123 Å². The van der Waals surface area contributed by atoms with E-state index in [0.717, 1.165) is 6.07 Å². The zero-order chi connectivity index (χ0) is 15.6. The number of nitrogens with one attached hydrogen (secondary N) is 2. The summed E-state index contributed by atoms with van der Waals surface area (Å²) in [5.74, 6) is 0.261. The normalized spacial score (nSPS) is 11.3. The van der Waals surface area contributed by atoms with Crippen LogP contribution in [-0.2, 0) is 6.18 Å². The summed E-state index contributed by atoms with van der Waals surface area (Å²) in [7, 11) is 1.59. The van der Waals surface area contributed by atoms with Gasteiger partial charge in [0.15, 0.2) is 0 Å². The van der Waals surface area contributed by atoms with Crippen molar-refractivity contribution in [2.24, 2.45) is 0 Å². The van der Waals surface area contributed by atoms with Gasteiger partial charge in [0.05, 0.1) is 5.56 Å². The van der Waals surface area contributed by atoms with E-state index in [1.807, 2.05) is 0 Å². The first-order chi connectivity index (χ1) is 9.79. The summed E-state index contributed by atoms with van der Waals surface area (Å²) >= 11 is 5.70. The maximum Gasteiger partial charge on any atom is 0.416 e. The van der Waals surface area contributed by atoms with Gasteiger partial charge in [-0.3, -0.25) is 0 Å². The average Bonchev–Trinajstić information content (AvgIpc) is 2.39. The van der Waals surface area contributed by atoms with Crippen LogP contribution in [0.15, 0.2) is 18.2 Å². The van der Waals surface area contributed by atoms with Crippen LogP contribution in [0.5, 0.6) is 0 Å². The molecule has 2 rings (SSSR count). The number of hydrogen-bond acceptors (Lipinski definition) is 5. The largest absolute Gasteiger partial charge is 0.416 e. The van der Waals surface area contributed by atoms with Crippen molar-refractivity contribution in [3.05, 3.63) is 34.6 Å². The maximum atomic E-state index is 12.9. The molecule has 0 fully saturated rings. The summed E-state index contributed by atoms with van der Waals surface area (Å²) in [6.07, 6.45) is -4.42. The Bertz CT molecular complexity index is 660. The molecule has 1 aromatic carbocycles. The van der Waals surface area contributed by atoms with E-state index in [0.29, 0.717) is 0 Å². The minimum Gasteiger partial charge on any atom is -0.357 e. The molecule has 2 N–H and O–H groups in total. The Hall–Kier alpha value is -2.09. The molecule has 0 bridgehead atoms. The highest BCUT2D eigenvalue weighted by molar-refractivity contribution is 6.28. The molecule has 1 heterocycles. The van der Waals surface area contributed by atoms with E-state index >= 15 is 0 Å². The number of hydrogen-bond donors (Lipinski definition) is 2. The van der Waals surface area contributed by atoms with Gasteiger partial charge in [0, 0.05) is 12.7 Å². The van der Waals surface area contributed by atoms with Gasteiger partial charge in [0.1, 0.15) is 0 Å². The van der Waals surface area contributed by atoms with Crippen molar-refractivity contribution < 1.29 is 13.2 Å². The zero-order valence-electron chi connectivity index (χ0n) is 11.1. The molecule has 0 spiro atoms. The minimum atomic E-state index is -4.42. The highest BCUT2D eigenvalue weighted by atomic mass is 35.5. The summed E-state index contributed by atoms with van der Waals surface area (Å²) in [6, 6.07) is 3.86. The molecule has 0 aliphatic carbocycles. The quantitative estimate of drug-likeness (QED) is 0.905. The highest BCUT2D eigenvalue weighted by Gasteiger charge is 2.32. The van der Waals surface area contributed by atoms with Crippen molar-refractivity contribution in [3.63, 3.8) is 0 Å². The fourth-order valence-corrected chi connectivity index (χ4v) is 1.81. The molecule has 21 heavy (non-hydrogen) atoms. The highest BCUT2D eigenvalue weighted by Crippen LogP contribution is 2.33. The van der Waals surface area contributed by atoms with Gasteiger partial charge in [-0.2, -0.15) is 28.1 Å². The van der Waals surface area contributed by atoms with Gasteiger partial charge in [-0.15, -0.1) is 0 Å². The van der Waals surface area contributed by atoms with E-state index in [9.17, 15) is 13.2 Å². The number of alkyl halides is 3. The smallest absolute Gasteiger partial charge is 0.357 e. The van der Waals surface area contributed by atoms with E-state index in [1.54, 1.807) is 7.05 Å². The molecule has 0 atom stereocenters. The van der Waals surface area contributed by atoms with Crippen molar-refractivity contribution in [3.8, 4) is 0 Å². The molecule has 0 saturated heterocycles. The van der Waals surface area contributed by atoms with E-state index in [4.69, 9.17) is 11.6 Å². The molecular weight excluding hydrogens is 307 g/mol. The van der Waals surface area contributed by atoms with Crippen LogP contribution in [0.3, 0.4) is 0 Å². The first kappa shape index (κ1) is 15.3. The third kappa shape index (κ3) is 3.72. The van der Waals surface area contributed by atoms with Crippen molar-refractivity contribution in [1.82, 2.24) is 15.0 Å². The lowest BCUT2D eigenvalue weighted by Gasteiger charge is -2.13. The van der Waals surface area contributed by atoms with Gasteiger partial charge in [0.25, 0.3) is 0 Å². The third-order valence-electron chi connectivity index (χ3n) is 2.63. The first-order valence-electron chi connectivity index (χ1n) is 5.84. The van der Waals surface area contributed by atoms with Gasteiger partial charge in [-0.25, -0.2) is 0 Å². The fraction of sp³-hybridized carbons (Fsp3) is 0.250. The molecule has 0 aliphatic rings. The van der Waals surface area contributed by atoms with Crippen LogP contribution in [0.25, 0.3) is 0 Å². The van der Waals surface area contributed by atoms with Gasteiger partial charge in [-0.1, -0.05) is 6.07 Å². The average molecular weight is 318 g/mol. The number of anilines is 3. The Kier molecular flexibility index (Phi) is 4.17. The van der Waals surface area contributed by atoms with E-state index in [2.05, 4.69) is 25.6 Å². The molecular formula is C12H11ClF3N5. The maximum absolute atomic E-state index is 12.9. The number of halogens is 4. The van der Waals surface area contributed by atoms with Crippen LogP contribution in [0.1, 0.15) is 11.1 Å². The lowest BCUT2D eigenvalue weighted by Crippen LogP contribution is -2.09. The standard InChI is InChI=1S/C12H11ClF3N5/c1-6-3-4-7(5-8(6)12(14,15)16)18-11-20-9(13)19-10(17-2)21-11/h3-5H,1-2H3,(H2,17,18,19,20,21). The summed E-state index contributed by atoms with van der Waals surface area (Å²) < 4.78 is 38.6. The number of aryl methyl sites for hydroxylation is 1. The minimum absolute atomic E-state index is 0.0522.